The van der Waals surface area contributed by atoms with Crippen molar-refractivity contribution in [3.05, 3.63) is 35.8 Å². The third-order valence-corrected chi connectivity index (χ3v) is 6.57. The molecule has 30 heavy (non-hydrogen) atoms. The zero-order valence-electron chi connectivity index (χ0n) is 17.4. The number of benzene rings is 1. The number of thiazole rings is 1. The van der Waals surface area contributed by atoms with Gasteiger partial charge in [0.1, 0.15) is 6.10 Å². The van der Waals surface area contributed by atoms with Crippen LogP contribution in [0.5, 0.6) is 16.7 Å². The van der Waals surface area contributed by atoms with Gasteiger partial charge in [0, 0.05) is 43.8 Å². The molecule has 3 heterocycles. The van der Waals surface area contributed by atoms with Crippen molar-refractivity contribution < 1.29 is 19.0 Å². The number of carbonyl (C=O) groups is 1. The van der Waals surface area contributed by atoms with Crippen LogP contribution in [-0.4, -0.2) is 72.7 Å². The van der Waals surface area contributed by atoms with Gasteiger partial charge in [-0.3, -0.25) is 9.69 Å². The second-order valence-electron chi connectivity index (χ2n) is 7.70. The Bertz CT molecular complexity index is 800. The van der Waals surface area contributed by atoms with E-state index in [1.807, 2.05) is 34.5 Å². The zero-order chi connectivity index (χ0) is 20.8. The summed E-state index contributed by atoms with van der Waals surface area (Å²) < 4.78 is 16.9. The van der Waals surface area contributed by atoms with Crippen molar-refractivity contribution in [3.8, 4) is 16.7 Å². The Morgan fingerprint density at radius 1 is 1.10 bits per heavy atom. The van der Waals surface area contributed by atoms with Crippen molar-refractivity contribution in [2.24, 2.45) is 0 Å². The van der Waals surface area contributed by atoms with Gasteiger partial charge in [-0.2, -0.15) is 0 Å². The monoisotopic (exact) mass is 431 g/mol. The van der Waals surface area contributed by atoms with Gasteiger partial charge < -0.3 is 19.1 Å². The van der Waals surface area contributed by atoms with Crippen LogP contribution in [0.4, 0.5) is 0 Å². The fourth-order valence-corrected chi connectivity index (χ4v) is 4.77. The Morgan fingerprint density at radius 2 is 1.83 bits per heavy atom. The van der Waals surface area contributed by atoms with E-state index in [1.54, 1.807) is 24.6 Å². The molecule has 1 amide bonds. The Morgan fingerprint density at radius 3 is 2.50 bits per heavy atom. The predicted molar refractivity (Wildman–Crippen MR) is 115 cm³/mol. The number of hydrogen-bond acceptors (Lipinski definition) is 7. The van der Waals surface area contributed by atoms with Crippen LogP contribution in [-0.2, 0) is 4.79 Å². The zero-order valence-corrected chi connectivity index (χ0v) is 18.2. The van der Waals surface area contributed by atoms with E-state index in [-0.39, 0.29) is 18.6 Å². The van der Waals surface area contributed by atoms with Crippen molar-refractivity contribution in [2.45, 2.75) is 37.8 Å². The number of amides is 1. The fourth-order valence-electron chi connectivity index (χ4n) is 4.22. The molecule has 0 N–H and O–H groups in total. The quantitative estimate of drug-likeness (QED) is 0.671. The average Bonchev–Trinajstić information content (AvgIpc) is 3.31. The SMILES string of the molecule is COc1ccccc1OCC(=O)N1CCC(N2CCC(Oc3nccs3)CC2)CC1. The molecule has 2 aliphatic rings. The number of piperidine rings is 2. The molecular formula is C22H29N3O4S. The van der Waals surface area contributed by atoms with Gasteiger partial charge in [-0.15, -0.1) is 0 Å². The highest BCUT2D eigenvalue weighted by Crippen LogP contribution is 2.27. The Kier molecular flexibility index (Phi) is 7.07. The molecule has 162 valence electrons. The number of methoxy groups -OCH3 is 1. The molecule has 0 saturated carbocycles. The fraction of sp³-hybridized carbons (Fsp3) is 0.545. The number of hydrogen-bond donors (Lipinski definition) is 0. The third kappa shape index (κ3) is 5.23. The normalized spacial score (nSPS) is 18.9. The lowest BCUT2D eigenvalue weighted by molar-refractivity contribution is -0.135. The number of carbonyl (C=O) groups excluding carboxylic acids is 1. The highest BCUT2D eigenvalue weighted by molar-refractivity contribution is 7.11. The van der Waals surface area contributed by atoms with Gasteiger partial charge in [0.05, 0.1) is 7.11 Å². The Balaban J connectivity index is 1.18. The summed E-state index contributed by atoms with van der Waals surface area (Å²) in [5.41, 5.74) is 0. The van der Waals surface area contributed by atoms with E-state index in [0.717, 1.165) is 57.1 Å². The smallest absolute Gasteiger partial charge is 0.273 e. The van der Waals surface area contributed by atoms with Crippen molar-refractivity contribution in [2.75, 3.05) is 39.9 Å². The summed E-state index contributed by atoms with van der Waals surface area (Å²) in [6.45, 7) is 3.71. The third-order valence-electron chi connectivity index (χ3n) is 5.91. The highest BCUT2D eigenvalue weighted by atomic mass is 32.1. The first-order chi connectivity index (χ1) is 14.7. The Hall–Kier alpha value is -2.32. The lowest BCUT2D eigenvalue weighted by Crippen LogP contribution is -2.50. The number of aromatic nitrogens is 1. The first-order valence-corrected chi connectivity index (χ1v) is 11.4. The first kappa shape index (κ1) is 20.9. The molecule has 0 unspecified atom stereocenters. The van der Waals surface area contributed by atoms with Crippen LogP contribution >= 0.6 is 11.3 Å². The van der Waals surface area contributed by atoms with Crippen molar-refractivity contribution in [1.29, 1.82) is 0 Å². The maximum Gasteiger partial charge on any atom is 0.273 e. The number of rotatable bonds is 7. The summed E-state index contributed by atoms with van der Waals surface area (Å²) in [4.78, 5) is 21.3. The minimum Gasteiger partial charge on any atom is -0.493 e. The van der Waals surface area contributed by atoms with Crippen molar-refractivity contribution >= 4 is 17.2 Å². The maximum absolute atomic E-state index is 12.6. The van der Waals surface area contributed by atoms with Gasteiger partial charge in [0.2, 0.25) is 0 Å². The second kappa shape index (κ2) is 10.1. The van der Waals surface area contributed by atoms with E-state index in [9.17, 15) is 4.79 Å². The summed E-state index contributed by atoms with van der Waals surface area (Å²) in [7, 11) is 1.60. The van der Waals surface area contributed by atoms with Crippen molar-refractivity contribution in [1.82, 2.24) is 14.8 Å². The lowest BCUT2D eigenvalue weighted by atomic mass is 9.99. The van der Waals surface area contributed by atoms with Gasteiger partial charge in [-0.1, -0.05) is 23.5 Å². The summed E-state index contributed by atoms with van der Waals surface area (Å²) in [5.74, 6) is 1.28. The van der Waals surface area contributed by atoms with E-state index in [2.05, 4.69) is 9.88 Å². The number of likely N-dealkylation sites (tertiary alicyclic amines) is 2. The molecule has 8 heteroatoms. The van der Waals surface area contributed by atoms with Gasteiger partial charge in [-0.25, -0.2) is 4.98 Å². The van der Waals surface area contributed by atoms with E-state index >= 15 is 0 Å². The van der Waals surface area contributed by atoms with Gasteiger partial charge in [0.25, 0.3) is 11.1 Å². The van der Waals surface area contributed by atoms with E-state index < -0.39 is 0 Å². The predicted octanol–water partition coefficient (Wildman–Crippen LogP) is 3.06. The molecule has 0 atom stereocenters. The number of para-hydroxylation sites is 2. The van der Waals surface area contributed by atoms with E-state index in [0.29, 0.717) is 17.5 Å². The summed E-state index contributed by atoms with van der Waals surface area (Å²) in [6.07, 6.45) is 6.14. The molecule has 0 spiro atoms. The molecule has 2 fully saturated rings. The number of nitrogens with zero attached hydrogens (tertiary/aromatic N) is 3. The minimum atomic E-state index is 0.0370. The van der Waals surface area contributed by atoms with Crippen LogP contribution in [0, 0.1) is 0 Å². The van der Waals surface area contributed by atoms with E-state index in [1.165, 1.54) is 0 Å². The van der Waals surface area contributed by atoms with Crippen LogP contribution in [0.2, 0.25) is 0 Å². The second-order valence-corrected chi connectivity index (χ2v) is 8.56. The molecule has 1 aromatic heterocycles. The number of ether oxygens (including phenoxy) is 3. The molecule has 4 rings (SSSR count). The molecular weight excluding hydrogens is 402 g/mol. The molecule has 2 aromatic rings. The van der Waals surface area contributed by atoms with Crippen LogP contribution in [0.1, 0.15) is 25.7 Å². The van der Waals surface area contributed by atoms with Crippen LogP contribution in [0.3, 0.4) is 0 Å². The van der Waals surface area contributed by atoms with Crippen LogP contribution < -0.4 is 14.2 Å². The first-order valence-electron chi connectivity index (χ1n) is 10.6. The molecule has 2 saturated heterocycles. The molecule has 2 aliphatic heterocycles. The summed E-state index contributed by atoms with van der Waals surface area (Å²) in [5, 5.41) is 2.72. The van der Waals surface area contributed by atoms with Crippen LogP contribution in [0.25, 0.3) is 0 Å². The average molecular weight is 432 g/mol. The minimum absolute atomic E-state index is 0.0370. The molecule has 0 bridgehead atoms. The molecule has 7 nitrogen and oxygen atoms in total. The molecule has 0 radical (unpaired) electrons. The van der Waals surface area contributed by atoms with Crippen LogP contribution in [0.15, 0.2) is 35.8 Å². The lowest BCUT2D eigenvalue weighted by Gasteiger charge is -2.41. The Labute approximate surface area is 181 Å². The van der Waals surface area contributed by atoms with E-state index in [4.69, 9.17) is 14.2 Å². The summed E-state index contributed by atoms with van der Waals surface area (Å²) >= 11 is 1.55. The molecule has 1 aromatic carbocycles. The summed E-state index contributed by atoms with van der Waals surface area (Å²) in [6, 6.07) is 7.95. The topological polar surface area (TPSA) is 64.1 Å². The largest absolute Gasteiger partial charge is 0.493 e. The standard InChI is InChI=1S/C22H29N3O4S/c1-27-19-4-2-3-5-20(19)28-16-21(26)25-11-6-17(7-12-25)24-13-8-18(9-14-24)29-22-23-10-15-30-22/h2-5,10,15,17-18H,6-9,11-14,16H2,1H3. The van der Waals surface area contributed by atoms with Gasteiger partial charge >= 0.3 is 0 Å². The maximum atomic E-state index is 12.6. The van der Waals surface area contributed by atoms with Crippen molar-refractivity contribution in [3.63, 3.8) is 0 Å². The highest BCUT2D eigenvalue weighted by Gasteiger charge is 2.30. The van der Waals surface area contributed by atoms with Gasteiger partial charge in [-0.05, 0) is 37.8 Å². The molecule has 0 aliphatic carbocycles. The van der Waals surface area contributed by atoms with Gasteiger partial charge in [0.15, 0.2) is 18.1 Å².